The number of rotatable bonds is 0. The molecule has 0 spiro atoms. The summed E-state index contributed by atoms with van der Waals surface area (Å²) in [6.07, 6.45) is 1.18. The number of nitrogens with zero attached hydrogens (tertiary/aromatic N) is 2. The van der Waals surface area contributed by atoms with E-state index < -0.39 is 0 Å². The lowest BCUT2D eigenvalue weighted by atomic mass is 10.4. The van der Waals surface area contributed by atoms with Crippen LogP contribution < -0.4 is 0 Å². The van der Waals surface area contributed by atoms with Gasteiger partial charge in [0.1, 0.15) is 6.54 Å². The predicted octanol–water partition coefficient (Wildman–Crippen LogP) is 0.655. The minimum atomic E-state index is 0.903. The van der Waals surface area contributed by atoms with E-state index in [2.05, 4.69) is 22.9 Å². The molecule has 0 bridgehead atoms. The van der Waals surface area contributed by atoms with Crippen LogP contribution in [0.25, 0.3) is 4.85 Å². The smallest absolute Gasteiger partial charge is 0.288 e. The van der Waals surface area contributed by atoms with Crippen LogP contribution >= 0.6 is 0 Å². The maximum absolute atomic E-state index is 4.03. The van der Waals surface area contributed by atoms with Crippen LogP contribution in [0.4, 0.5) is 0 Å². The summed E-state index contributed by atoms with van der Waals surface area (Å²) in [5, 5.41) is 0. The molecule has 0 N–H and O–H groups in total. The van der Waals surface area contributed by atoms with E-state index in [1.54, 1.807) is 0 Å². The van der Waals surface area contributed by atoms with Crippen molar-refractivity contribution in [1.29, 1.82) is 0 Å². The first-order valence-corrected chi connectivity index (χ1v) is 2.97. The summed E-state index contributed by atoms with van der Waals surface area (Å²) in [5.74, 6) is 0. The van der Waals surface area contributed by atoms with Crippen molar-refractivity contribution in [1.82, 2.24) is 4.90 Å². The van der Waals surface area contributed by atoms with E-state index >= 15 is 0 Å². The molecule has 44 valence electrons. The maximum Gasteiger partial charge on any atom is 0.288 e. The minimum Gasteiger partial charge on any atom is -0.290 e. The second kappa shape index (κ2) is 2.68. The molecule has 0 saturated carbocycles. The molecule has 0 radical (unpaired) electrons. The monoisotopic (exact) mass is 111 g/mol. The van der Waals surface area contributed by atoms with Crippen molar-refractivity contribution in [2.45, 2.75) is 6.42 Å². The molecule has 0 amide bonds. The van der Waals surface area contributed by atoms with Gasteiger partial charge in [-0.25, -0.2) is 0 Å². The molecule has 0 fully saturated rings. The third-order valence-electron chi connectivity index (χ3n) is 1.26. The molecule has 0 aromatic heterocycles. The van der Waals surface area contributed by atoms with E-state index in [-0.39, 0.29) is 0 Å². The Bertz CT molecular complexity index is 120. The van der Waals surface area contributed by atoms with Crippen LogP contribution in [0.3, 0.4) is 0 Å². The average Bonchev–Trinajstić information content (AvgIpc) is 1.94. The van der Waals surface area contributed by atoms with Crippen LogP contribution in [-0.2, 0) is 0 Å². The Hall–Kier alpha value is -0.550. The van der Waals surface area contributed by atoms with Crippen LogP contribution in [0.5, 0.6) is 0 Å². The fourth-order valence-corrected chi connectivity index (χ4v) is 0.749. The van der Waals surface area contributed by atoms with E-state index in [1.807, 2.05) is 0 Å². The summed E-state index contributed by atoms with van der Waals surface area (Å²) >= 11 is 0. The molecule has 0 unspecified atom stereocenters. The van der Waals surface area contributed by atoms with Crippen molar-refractivity contribution in [3.8, 4) is 6.07 Å². The Morgan fingerprint density at radius 3 is 3.38 bits per heavy atom. The fourth-order valence-electron chi connectivity index (χ4n) is 0.749. The summed E-state index contributed by atoms with van der Waals surface area (Å²) in [6.45, 7) is 3.03. The van der Waals surface area contributed by atoms with Crippen LogP contribution in [0.1, 0.15) is 6.42 Å². The summed E-state index contributed by atoms with van der Waals surface area (Å²) in [6, 6.07) is 2.95. The van der Waals surface area contributed by atoms with Gasteiger partial charge in [-0.1, -0.05) is 4.85 Å². The Kier molecular flexibility index (Phi) is 1.87. The van der Waals surface area contributed by atoms with Crippen molar-refractivity contribution in [3.63, 3.8) is 0 Å². The van der Waals surface area contributed by atoms with Gasteiger partial charge >= 0.3 is 0 Å². The molecule has 0 saturated heterocycles. The standard InChI is InChI=1S/C6H11N2/c1-8-5-2-3-7-4-6-8/h2-3,5-6H2,1H3/q+1. The van der Waals surface area contributed by atoms with Crippen LogP contribution in [0.2, 0.25) is 0 Å². The fraction of sp³-hybridized carbons (Fsp3) is 0.833. The van der Waals surface area contributed by atoms with Gasteiger partial charge in [-0.3, -0.25) is 4.90 Å². The average molecular weight is 111 g/mol. The van der Waals surface area contributed by atoms with E-state index in [4.69, 9.17) is 0 Å². The van der Waals surface area contributed by atoms with Gasteiger partial charge in [0.25, 0.3) is 12.6 Å². The first kappa shape index (κ1) is 5.58. The normalized spacial score (nSPS) is 21.1. The lowest BCUT2D eigenvalue weighted by Gasteiger charge is -2.04. The molecule has 2 heteroatoms. The molecule has 1 rings (SSSR count). The van der Waals surface area contributed by atoms with Gasteiger partial charge in [0.15, 0.2) is 0 Å². The van der Waals surface area contributed by atoms with Crippen LogP contribution in [-0.4, -0.2) is 31.6 Å². The van der Waals surface area contributed by atoms with E-state index in [1.165, 1.54) is 6.42 Å². The van der Waals surface area contributed by atoms with Gasteiger partial charge in [0, 0.05) is 13.0 Å². The zero-order chi connectivity index (χ0) is 5.82. The zero-order valence-electron chi connectivity index (χ0n) is 5.22. The van der Waals surface area contributed by atoms with Gasteiger partial charge < -0.3 is 0 Å². The first-order chi connectivity index (χ1) is 3.89. The largest absolute Gasteiger partial charge is 0.290 e. The minimum absolute atomic E-state index is 0.903. The molecular formula is C6H11N2+. The van der Waals surface area contributed by atoms with Gasteiger partial charge in [0.05, 0.1) is 0 Å². The quantitative estimate of drug-likeness (QED) is 0.416. The predicted molar refractivity (Wildman–Crippen MR) is 34.2 cm³/mol. The van der Waals surface area contributed by atoms with Crippen LogP contribution in [0, 0.1) is 6.07 Å². The third kappa shape index (κ3) is 1.51. The molecule has 1 aliphatic heterocycles. The highest BCUT2D eigenvalue weighted by atomic mass is 15.1. The highest BCUT2D eigenvalue weighted by molar-refractivity contribution is 4.91. The van der Waals surface area contributed by atoms with Gasteiger partial charge in [-0.2, -0.15) is 0 Å². The topological polar surface area (TPSA) is 7.60 Å². The summed E-state index contributed by atoms with van der Waals surface area (Å²) in [4.78, 5) is 6.25. The summed E-state index contributed by atoms with van der Waals surface area (Å²) in [7, 11) is 2.09. The van der Waals surface area contributed by atoms with E-state index in [0.29, 0.717) is 0 Å². The highest BCUT2D eigenvalue weighted by Gasteiger charge is 2.04. The molecule has 0 aliphatic carbocycles. The lowest BCUT2D eigenvalue weighted by molar-refractivity contribution is 0.379. The van der Waals surface area contributed by atoms with E-state index in [0.717, 1.165) is 19.6 Å². The number of hydrogen-bond donors (Lipinski definition) is 0. The molecule has 1 aliphatic rings. The number of hydrogen-bond acceptors (Lipinski definition) is 1. The Morgan fingerprint density at radius 1 is 1.62 bits per heavy atom. The molecule has 1 heterocycles. The molecule has 0 aromatic rings. The van der Waals surface area contributed by atoms with Crippen molar-refractivity contribution >= 4 is 0 Å². The molecule has 0 atom stereocenters. The maximum atomic E-state index is 4.03. The van der Waals surface area contributed by atoms with Crippen molar-refractivity contribution < 1.29 is 0 Å². The highest BCUT2D eigenvalue weighted by Crippen LogP contribution is 1.91. The SMILES string of the molecule is CN1CC#[N+]CCC1. The summed E-state index contributed by atoms with van der Waals surface area (Å²) in [5.41, 5.74) is 0. The molecule has 2 nitrogen and oxygen atoms in total. The van der Waals surface area contributed by atoms with Gasteiger partial charge in [0.2, 0.25) is 0 Å². The lowest BCUT2D eigenvalue weighted by Crippen LogP contribution is -2.18. The van der Waals surface area contributed by atoms with Gasteiger partial charge in [-0.05, 0) is 7.05 Å². The van der Waals surface area contributed by atoms with Gasteiger partial charge in [-0.15, -0.1) is 0 Å². The van der Waals surface area contributed by atoms with Crippen LogP contribution in [0.15, 0.2) is 0 Å². The Balaban J connectivity index is 2.35. The van der Waals surface area contributed by atoms with E-state index in [9.17, 15) is 0 Å². The van der Waals surface area contributed by atoms with Crippen molar-refractivity contribution in [3.05, 3.63) is 4.85 Å². The van der Waals surface area contributed by atoms with Crippen molar-refractivity contribution in [2.75, 3.05) is 26.7 Å². The third-order valence-corrected chi connectivity index (χ3v) is 1.26. The molecule has 0 aromatic carbocycles. The van der Waals surface area contributed by atoms with Crippen molar-refractivity contribution in [2.24, 2.45) is 0 Å². The Morgan fingerprint density at radius 2 is 2.50 bits per heavy atom. The zero-order valence-corrected chi connectivity index (χ0v) is 5.22. The summed E-state index contributed by atoms with van der Waals surface area (Å²) < 4.78 is 0. The molecular weight excluding hydrogens is 100 g/mol. The second-order valence-corrected chi connectivity index (χ2v) is 2.13. The molecule has 8 heavy (non-hydrogen) atoms. The first-order valence-electron chi connectivity index (χ1n) is 2.97. The Labute approximate surface area is 49.9 Å². The second-order valence-electron chi connectivity index (χ2n) is 2.13.